The fraction of sp³-hybridized carbons (Fsp3) is 0.361. The van der Waals surface area contributed by atoms with Gasteiger partial charge in [-0.15, -0.1) is 0 Å². The zero-order valence-corrected chi connectivity index (χ0v) is 31.5. The van der Waals surface area contributed by atoms with Crippen LogP contribution in [0.2, 0.25) is 5.02 Å². The predicted octanol–water partition coefficient (Wildman–Crippen LogP) is 4.34. The van der Waals surface area contributed by atoms with Gasteiger partial charge in [-0.05, 0) is 51.4 Å². The monoisotopic (exact) mass is 767 g/mol. The Labute approximate surface area is 316 Å². The Hall–Kier alpha value is -4.87. The first kappa shape index (κ1) is 39.3. The van der Waals surface area contributed by atoms with E-state index in [1.807, 2.05) is 47.9 Å². The van der Waals surface area contributed by atoms with Crippen molar-refractivity contribution < 1.29 is 28.9 Å². The minimum Gasteiger partial charge on any atom is -0.493 e. The third-order valence-corrected chi connectivity index (χ3v) is 9.63. The van der Waals surface area contributed by atoms with Crippen LogP contribution in [-0.2, 0) is 4.79 Å². The first-order chi connectivity index (χ1) is 25.5. The highest BCUT2D eigenvalue weighted by Gasteiger charge is 2.29. The second kappa shape index (κ2) is 18.3. The molecule has 4 N–H and O–H groups in total. The van der Waals surface area contributed by atoms with E-state index < -0.39 is 11.7 Å². The number of rotatable bonds is 15. The zero-order chi connectivity index (χ0) is 38.1. The van der Waals surface area contributed by atoms with Gasteiger partial charge in [0, 0.05) is 63.1 Å². The summed E-state index contributed by atoms with van der Waals surface area (Å²) >= 11 is 7.10. The number of aromatic nitrogens is 3. The van der Waals surface area contributed by atoms with Gasteiger partial charge in [0.1, 0.15) is 10.7 Å². The Morgan fingerprint density at radius 2 is 1.91 bits per heavy atom. The van der Waals surface area contributed by atoms with Gasteiger partial charge < -0.3 is 45.2 Å². The summed E-state index contributed by atoms with van der Waals surface area (Å²) in [6, 6.07) is 9.47. The van der Waals surface area contributed by atoms with Gasteiger partial charge in [-0.25, -0.2) is 19.3 Å². The van der Waals surface area contributed by atoms with Crippen LogP contribution < -0.4 is 25.2 Å². The number of carbonyl (C=O) groups excluding carboxylic acids is 2. The lowest BCUT2D eigenvalue weighted by molar-refractivity contribution is -0.128. The van der Waals surface area contributed by atoms with Gasteiger partial charge in [0.25, 0.3) is 5.91 Å². The summed E-state index contributed by atoms with van der Waals surface area (Å²) in [7, 11) is 5.40. The lowest BCUT2D eigenvalue weighted by Crippen LogP contribution is -2.54. The second-order valence-electron chi connectivity index (χ2n) is 12.4. The van der Waals surface area contributed by atoms with Crippen molar-refractivity contribution in [3.8, 4) is 17.0 Å². The fourth-order valence-electron chi connectivity index (χ4n) is 5.79. The van der Waals surface area contributed by atoms with Gasteiger partial charge in [0.2, 0.25) is 5.91 Å². The van der Waals surface area contributed by atoms with Crippen LogP contribution in [0.1, 0.15) is 16.6 Å². The standard InChI is InChI=1S/C36H43ClFN9O5S/c1-23-22-46(13-14-47(23)31(50)9-6-12-44(2)3)34-28(45(15-17-48)16-18-49)19-24(20-39-34)27-10-11-29(52-4)33(41-27)43-36-40-21-30(53-36)35(51)42-32-25(37)7-5-8-26(32)38/h5-11,19-21,23,48-49H,12-18,22H2,1-4H3,(H,42,51)(H,40,41,43)/b9-6+. The highest BCUT2D eigenvalue weighted by atomic mass is 35.5. The first-order valence-electron chi connectivity index (χ1n) is 16.9. The molecule has 5 rings (SSSR count). The Morgan fingerprint density at radius 3 is 2.58 bits per heavy atom. The number of para-hydroxylation sites is 1. The van der Waals surface area contributed by atoms with Crippen LogP contribution in [0.4, 0.5) is 32.5 Å². The van der Waals surface area contributed by atoms with E-state index in [9.17, 15) is 24.2 Å². The van der Waals surface area contributed by atoms with Crippen molar-refractivity contribution in [1.82, 2.24) is 24.8 Å². The average Bonchev–Trinajstić information content (AvgIpc) is 3.61. The summed E-state index contributed by atoms with van der Waals surface area (Å²) in [5.41, 5.74) is 1.77. The first-order valence-corrected chi connectivity index (χ1v) is 18.1. The highest BCUT2D eigenvalue weighted by Crippen LogP contribution is 2.36. The topological polar surface area (TPSA) is 160 Å². The van der Waals surface area contributed by atoms with Crippen molar-refractivity contribution in [1.29, 1.82) is 0 Å². The molecule has 53 heavy (non-hydrogen) atoms. The molecule has 0 saturated carbocycles. The maximum Gasteiger partial charge on any atom is 0.267 e. The predicted molar refractivity (Wildman–Crippen MR) is 206 cm³/mol. The summed E-state index contributed by atoms with van der Waals surface area (Å²) in [5, 5.41) is 25.9. The van der Waals surface area contributed by atoms with Crippen LogP contribution >= 0.6 is 22.9 Å². The molecule has 1 unspecified atom stereocenters. The fourth-order valence-corrected chi connectivity index (χ4v) is 6.71. The van der Waals surface area contributed by atoms with Crippen LogP contribution in [-0.4, -0.2) is 127 Å². The van der Waals surface area contributed by atoms with E-state index in [0.29, 0.717) is 65.6 Å². The van der Waals surface area contributed by atoms with Gasteiger partial charge in [-0.2, -0.15) is 0 Å². The smallest absolute Gasteiger partial charge is 0.267 e. The Morgan fingerprint density at radius 1 is 1.13 bits per heavy atom. The highest BCUT2D eigenvalue weighted by molar-refractivity contribution is 7.17. The molecule has 0 spiro atoms. The molecule has 4 heterocycles. The molecule has 0 aliphatic carbocycles. The van der Waals surface area contributed by atoms with E-state index in [4.69, 9.17) is 26.3 Å². The number of halogens is 2. The van der Waals surface area contributed by atoms with E-state index >= 15 is 0 Å². The number of ether oxygens (including phenoxy) is 1. The van der Waals surface area contributed by atoms with Gasteiger partial charge in [-0.3, -0.25) is 9.59 Å². The lowest BCUT2D eigenvalue weighted by atomic mass is 10.1. The molecule has 2 amide bonds. The molecular weight excluding hydrogens is 725 g/mol. The maximum atomic E-state index is 14.3. The quantitative estimate of drug-likeness (QED) is 0.127. The van der Waals surface area contributed by atoms with Gasteiger partial charge >= 0.3 is 0 Å². The lowest BCUT2D eigenvalue weighted by Gasteiger charge is -2.41. The number of methoxy groups -OCH3 is 1. The van der Waals surface area contributed by atoms with Crippen molar-refractivity contribution in [3.05, 3.63) is 76.7 Å². The number of amides is 2. The number of piperazine rings is 1. The number of hydrogen-bond acceptors (Lipinski definition) is 13. The molecule has 4 aromatic rings. The molecule has 1 aromatic carbocycles. The number of hydrogen-bond donors (Lipinski definition) is 4. The van der Waals surface area contributed by atoms with E-state index in [-0.39, 0.29) is 53.8 Å². The molecule has 0 bridgehead atoms. The van der Waals surface area contributed by atoms with E-state index in [1.165, 1.54) is 31.5 Å². The molecule has 282 valence electrons. The molecule has 1 saturated heterocycles. The number of nitrogens with one attached hydrogen (secondary N) is 2. The molecule has 17 heteroatoms. The summed E-state index contributed by atoms with van der Waals surface area (Å²) in [6.45, 7) is 4.49. The number of aliphatic hydroxyl groups excluding tert-OH is 2. The van der Waals surface area contributed by atoms with Crippen molar-refractivity contribution in [3.63, 3.8) is 0 Å². The van der Waals surface area contributed by atoms with E-state index in [2.05, 4.69) is 20.5 Å². The number of thiazole rings is 1. The van der Waals surface area contributed by atoms with Crippen molar-refractivity contribution in [2.45, 2.75) is 13.0 Å². The van der Waals surface area contributed by atoms with Crippen LogP contribution in [0.3, 0.4) is 0 Å². The number of benzene rings is 1. The third kappa shape index (κ3) is 9.77. The van der Waals surface area contributed by atoms with Crippen LogP contribution in [0.5, 0.6) is 5.75 Å². The molecule has 1 atom stereocenters. The molecule has 1 fully saturated rings. The Bertz CT molecular complexity index is 1900. The van der Waals surface area contributed by atoms with Gasteiger partial charge in [-0.1, -0.05) is 35.1 Å². The Kier molecular flexibility index (Phi) is 13.5. The normalized spacial score (nSPS) is 14.5. The van der Waals surface area contributed by atoms with E-state index in [0.717, 1.165) is 11.3 Å². The summed E-state index contributed by atoms with van der Waals surface area (Å²) < 4.78 is 19.8. The molecular formula is C36H43ClFN9O5S. The number of likely N-dealkylation sites (N-methyl/N-ethyl adjacent to an activating group) is 1. The SMILES string of the molecule is COc1ccc(-c2cnc(N3CCN(C(=O)/C=C/CN(C)C)C(C)C3)c(N(CCO)CCO)c2)nc1Nc1ncc(C(=O)Nc2c(F)cccc2Cl)s1. The largest absolute Gasteiger partial charge is 0.493 e. The minimum absolute atomic E-state index is 0.0376. The minimum atomic E-state index is -0.658. The number of aliphatic hydroxyl groups is 2. The number of pyridine rings is 2. The Balaban J connectivity index is 1.40. The van der Waals surface area contributed by atoms with Crippen LogP contribution in [0.25, 0.3) is 11.3 Å². The number of anilines is 5. The summed E-state index contributed by atoms with van der Waals surface area (Å²) in [6.07, 6.45) is 6.54. The van der Waals surface area contributed by atoms with Gasteiger partial charge in [0.05, 0.1) is 48.6 Å². The number of carbonyl (C=O) groups is 2. The molecule has 3 aromatic heterocycles. The third-order valence-electron chi connectivity index (χ3n) is 8.40. The van der Waals surface area contributed by atoms with Crippen molar-refractivity contribution >= 4 is 62.9 Å². The summed E-state index contributed by atoms with van der Waals surface area (Å²) in [5.74, 6) is 0.127. The zero-order valence-electron chi connectivity index (χ0n) is 29.9. The maximum absolute atomic E-state index is 14.3. The second-order valence-corrected chi connectivity index (χ2v) is 13.9. The summed E-state index contributed by atoms with van der Waals surface area (Å²) in [4.78, 5) is 47.9. The van der Waals surface area contributed by atoms with Crippen molar-refractivity contribution in [2.24, 2.45) is 0 Å². The molecule has 0 radical (unpaired) electrons. The average molecular weight is 768 g/mol. The number of nitrogens with zero attached hydrogens (tertiary/aromatic N) is 7. The molecule has 1 aliphatic heterocycles. The molecule has 1 aliphatic rings. The van der Waals surface area contributed by atoms with Crippen LogP contribution in [0.15, 0.2) is 60.9 Å². The molecule has 14 nitrogen and oxygen atoms in total. The van der Waals surface area contributed by atoms with E-state index in [1.54, 1.807) is 24.4 Å². The van der Waals surface area contributed by atoms with Crippen LogP contribution in [0, 0.1) is 5.82 Å². The van der Waals surface area contributed by atoms with Crippen molar-refractivity contribution in [2.75, 3.05) is 94.1 Å². The van der Waals surface area contributed by atoms with Gasteiger partial charge in [0.15, 0.2) is 22.5 Å².